The Morgan fingerprint density at radius 3 is 1.81 bits per heavy atom. The molecule has 8 nitrogen and oxygen atoms in total. The second kappa shape index (κ2) is 10.1. The van der Waals surface area contributed by atoms with Gasteiger partial charge >= 0.3 is 0 Å². The van der Waals surface area contributed by atoms with Crippen molar-refractivity contribution < 1.29 is 19.1 Å². The lowest BCUT2D eigenvalue weighted by Gasteiger charge is -2.35. The van der Waals surface area contributed by atoms with Gasteiger partial charge in [0.05, 0.1) is 19.8 Å². The molecule has 1 aliphatic rings. The first kappa shape index (κ1) is 22.4. The monoisotopic (exact) mass is 426 g/mol. The molecule has 0 radical (unpaired) electrons. The van der Waals surface area contributed by atoms with Crippen LogP contribution in [0.25, 0.3) is 0 Å². The fourth-order valence-corrected chi connectivity index (χ4v) is 3.66. The molecule has 1 aliphatic heterocycles. The number of benzene rings is 1. The lowest BCUT2D eigenvalue weighted by atomic mass is 10.1. The Morgan fingerprint density at radius 1 is 0.871 bits per heavy atom. The van der Waals surface area contributed by atoms with E-state index in [2.05, 4.69) is 23.7 Å². The van der Waals surface area contributed by atoms with E-state index >= 15 is 0 Å². The molecule has 166 valence electrons. The van der Waals surface area contributed by atoms with Gasteiger partial charge in [0.25, 0.3) is 11.8 Å². The highest BCUT2D eigenvalue weighted by molar-refractivity contribution is 5.96. The maximum absolute atomic E-state index is 12.9. The Morgan fingerprint density at radius 2 is 1.39 bits per heavy atom. The minimum atomic E-state index is -0.102. The molecule has 0 aliphatic carbocycles. The van der Waals surface area contributed by atoms with Gasteiger partial charge in [-0.3, -0.25) is 9.59 Å². The molecule has 0 N–H and O–H groups in total. The van der Waals surface area contributed by atoms with Crippen molar-refractivity contribution in [2.75, 3.05) is 58.4 Å². The van der Waals surface area contributed by atoms with E-state index in [4.69, 9.17) is 9.47 Å². The molecule has 0 unspecified atom stereocenters. The van der Waals surface area contributed by atoms with Crippen LogP contribution in [0.1, 0.15) is 34.6 Å². The molecule has 0 saturated carbocycles. The van der Waals surface area contributed by atoms with Crippen LogP contribution in [-0.4, -0.2) is 80.1 Å². The number of carbonyl (C=O) groups excluding carboxylic acids is 2. The van der Waals surface area contributed by atoms with E-state index in [1.165, 1.54) is 0 Å². The molecule has 1 saturated heterocycles. The molecule has 1 fully saturated rings. The first-order valence-corrected chi connectivity index (χ1v) is 10.5. The van der Waals surface area contributed by atoms with Gasteiger partial charge in [-0.25, -0.2) is 4.98 Å². The van der Waals surface area contributed by atoms with Crippen LogP contribution in [0.2, 0.25) is 0 Å². The first-order chi connectivity index (χ1) is 15.0. The number of amides is 2. The normalized spacial score (nSPS) is 13.7. The molecular formula is C23H30N4O4. The number of piperazine rings is 1. The van der Waals surface area contributed by atoms with E-state index in [1.54, 1.807) is 48.4 Å². The van der Waals surface area contributed by atoms with Crippen LogP contribution < -0.4 is 14.4 Å². The van der Waals surface area contributed by atoms with Gasteiger partial charge in [0.2, 0.25) is 0 Å². The van der Waals surface area contributed by atoms with Gasteiger partial charge in [0, 0.05) is 57.1 Å². The molecule has 8 heteroatoms. The van der Waals surface area contributed by atoms with E-state index < -0.39 is 0 Å². The molecule has 3 rings (SSSR count). The van der Waals surface area contributed by atoms with Crippen LogP contribution in [0.4, 0.5) is 5.82 Å². The summed E-state index contributed by atoms with van der Waals surface area (Å²) >= 11 is 0. The number of hydrogen-bond acceptors (Lipinski definition) is 6. The van der Waals surface area contributed by atoms with Crippen molar-refractivity contribution >= 4 is 17.6 Å². The van der Waals surface area contributed by atoms with Crippen LogP contribution in [0, 0.1) is 0 Å². The zero-order chi connectivity index (χ0) is 22.4. The van der Waals surface area contributed by atoms with Crippen molar-refractivity contribution in [3.05, 3.63) is 47.7 Å². The van der Waals surface area contributed by atoms with Crippen molar-refractivity contribution in [3.63, 3.8) is 0 Å². The summed E-state index contributed by atoms with van der Waals surface area (Å²) < 4.78 is 10.5. The van der Waals surface area contributed by atoms with Gasteiger partial charge in [-0.2, -0.15) is 0 Å². The molecule has 0 bridgehead atoms. The molecule has 2 amide bonds. The third-order valence-electron chi connectivity index (χ3n) is 5.53. The zero-order valence-electron chi connectivity index (χ0n) is 18.6. The Balaban J connectivity index is 1.62. The molecule has 1 aromatic heterocycles. The van der Waals surface area contributed by atoms with Crippen LogP contribution in [0.15, 0.2) is 36.5 Å². The van der Waals surface area contributed by atoms with E-state index in [-0.39, 0.29) is 11.8 Å². The van der Waals surface area contributed by atoms with Crippen molar-refractivity contribution in [3.8, 4) is 11.5 Å². The number of rotatable bonds is 7. The minimum absolute atomic E-state index is 0.0613. The fraction of sp³-hybridized carbons (Fsp3) is 0.435. The summed E-state index contributed by atoms with van der Waals surface area (Å²) in [5, 5.41) is 0. The highest BCUT2D eigenvalue weighted by Crippen LogP contribution is 2.24. The van der Waals surface area contributed by atoms with Crippen LogP contribution in [0.3, 0.4) is 0 Å². The van der Waals surface area contributed by atoms with Gasteiger partial charge in [0.1, 0.15) is 17.3 Å². The number of nitrogens with zero attached hydrogens (tertiary/aromatic N) is 4. The SMILES string of the molecule is CCN(CC)c1ccc(C(=O)N2CCN(C(=O)c3cc(OC)cc(OC)c3)CC2)cn1. The van der Waals surface area contributed by atoms with Gasteiger partial charge in [0.15, 0.2) is 0 Å². The second-order valence-electron chi connectivity index (χ2n) is 7.26. The number of ether oxygens (including phenoxy) is 2. The zero-order valence-corrected chi connectivity index (χ0v) is 18.6. The number of carbonyl (C=O) groups is 2. The Bertz CT molecular complexity index is 882. The quantitative estimate of drug-likeness (QED) is 0.677. The summed E-state index contributed by atoms with van der Waals surface area (Å²) in [7, 11) is 3.10. The summed E-state index contributed by atoms with van der Waals surface area (Å²) in [4.78, 5) is 35.9. The molecule has 1 aromatic carbocycles. The average Bonchev–Trinajstić information content (AvgIpc) is 2.84. The van der Waals surface area contributed by atoms with E-state index in [0.717, 1.165) is 18.9 Å². The predicted molar refractivity (Wildman–Crippen MR) is 119 cm³/mol. The molecule has 0 atom stereocenters. The number of pyridine rings is 1. The Labute approximate surface area is 183 Å². The second-order valence-corrected chi connectivity index (χ2v) is 7.26. The van der Waals surface area contributed by atoms with E-state index in [0.29, 0.717) is 48.8 Å². The number of hydrogen-bond donors (Lipinski definition) is 0. The lowest BCUT2D eigenvalue weighted by molar-refractivity contribution is 0.0535. The Hall–Kier alpha value is -3.29. The molecule has 0 spiro atoms. The smallest absolute Gasteiger partial charge is 0.255 e. The maximum atomic E-state index is 12.9. The Kier molecular flexibility index (Phi) is 7.33. The van der Waals surface area contributed by atoms with Crippen molar-refractivity contribution in [2.24, 2.45) is 0 Å². The van der Waals surface area contributed by atoms with E-state index in [1.807, 2.05) is 12.1 Å². The van der Waals surface area contributed by atoms with Crippen molar-refractivity contribution in [1.82, 2.24) is 14.8 Å². The molecule has 2 aromatic rings. The summed E-state index contributed by atoms with van der Waals surface area (Å²) in [5.41, 5.74) is 1.07. The summed E-state index contributed by atoms with van der Waals surface area (Å²) in [6.45, 7) is 7.77. The lowest BCUT2D eigenvalue weighted by Crippen LogP contribution is -2.50. The topological polar surface area (TPSA) is 75.2 Å². The number of methoxy groups -OCH3 is 2. The largest absolute Gasteiger partial charge is 0.497 e. The number of anilines is 1. The third kappa shape index (κ3) is 5.07. The van der Waals surface area contributed by atoms with Gasteiger partial charge in [-0.05, 0) is 38.1 Å². The standard InChI is InChI=1S/C23H30N4O4/c1-5-25(6-2)21-8-7-17(16-24-21)22(28)26-9-11-27(12-10-26)23(29)18-13-19(30-3)15-20(14-18)31-4/h7-8,13-16H,5-6,9-12H2,1-4H3. The highest BCUT2D eigenvalue weighted by atomic mass is 16.5. The van der Waals surface area contributed by atoms with E-state index in [9.17, 15) is 9.59 Å². The fourth-order valence-electron chi connectivity index (χ4n) is 3.66. The minimum Gasteiger partial charge on any atom is -0.497 e. The van der Waals surface area contributed by atoms with Crippen LogP contribution in [0.5, 0.6) is 11.5 Å². The van der Waals surface area contributed by atoms with Gasteiger partial charge in [-0.1, -0.05) is 0 Å². The van der Waals surface area contributed by atoms with Crippen LogP contribution >= 0.6 is 0 Å². The molecule has 2 heterocycles. The van der Waals surface area contributed by atoms with Crippen LogP contribution in [-0.2, 0) is 0 Å². The first-order valence-electron chi connectivity index (χ1n) is 10.5. The van der Waals surface area contributed by atoms with Gasteiger partial charge in [-0.15, -0.1) is 0 Å². The van der Waals surface area contributed by atoms with Crippen molar-refractivity contribution in [1.29, 1.82) is 0 Å². The van der Waals surface area contributed by atoms with Crippen molar-refractivity contribution in [2.45, 2.75) is 13.8 Å². The predicted octanol–water partition coefficient (Wildman–Crippen LogP) is 2.54. The average molecular weight is 427 g/mol. The summed E-state index contributed by atoms with van der Waals surface area (Å²) in [5.74, 6) is 1.84. The third-order valence-corrected chi connectivity index (χ3v) is 5.53. The maximum Gasteiger partial charge on any atom is 0.255 e. The summed E-state index contributed by atoms with van der Waals surface area (Å²) in [6, 6.07) is 8.84. The number of aromatic nitrogens is 1. The highest BCUT2D eigenvalue weighted by Gasteiger charge is 2.26. The van der Waals surface area contributed by atoms with Gasteiger partial charge < -0.3 is 24.2 Å². The summed E-state index contributed by atoms with van der Waals surface area (Å²) in [6.07, 6.45) is 1.63. The molecule has 31 heavy (non-hydrogen) atoms. The molecular weight excluding hydrogens is 396 g/mol.